The molecule has 0 aliphatic heterocycles. The highest BCUT2D eigenvalue weighted by Crippen LogP contribution is 2.32. The zero-order valence-electron chi connectivity index (χ0n) is 11.7. The van der Waals surface area contributed by atoms with Gasteiger partial charge in [0.15, 0.2) is 0 Å². The molecule has 0 aliphatic rings. The van der Waals surface area contributed by atoms with Gasteiger partial charge in [0.25, 0.3) is 0 Å². The molecule has 0 saturated heterocycles. The normalized spacial score (nSPS) is 10.3. The van der Waals surface area contributed by atoms with Gasteiger partial charge in [-0.05, 0) is 44.2 Å². The molecule has 0 atom stereocenters. The second-order valence-electron chi connectivity index (χ2n) is 4.66. The van der Waals surface area contributed by atoms with Crippen molar-refractivity contribution in [2.45, 2.75) is 13.8 Å². The van der Waals surface area contributed by atoms with Crippen molar-refractivity contribution in [1.82, 2.24) is 0 Å². The van der Waals surface area contributed by atoms with E-state index in [2.05, 4.69) is 43.0 Å². The summed E-state index contributed by atoms with van der Waals surface area (Å²) in [7, 11) is 0. The molecular formula is C16H18ClN3. The second kappa shape index (κ2) is 5.97. The van der Waals surface area contributed by atoms with Crippen LogP contribution in [-0.4, -0.2) is 12.4 Å². The third-order valence-electron chi connectivity index (χ3n) is 3.21. The first kappa shape index (κ1) is 14.4. The number of nitrogen functional groups attached to an aromatic ring is 1. The number of amidine groups is 1. The summed E-state index contributed by atoms with van der Waals surface area (Å²) in [5.74, 6) is 0.0248. The molecule has 20 heavy (non-hydrogen) atoms. The van der Waals surface area contributed by atoms with Gasteiger partial charge in [-0.15, -0.1) is 0 Å². The van der Waals surface area contributed by atoms with Crippen LogP contribution in [0.15, 0.2) is 42.5 Å². The lowest BCUT2D eigenvalue weighted by atomic mass is 10.1. The molecule has 3 N–H and O–H groups in total. The van der Waals surface area contributed by atoms with Gasteiger partial charge >= 0.3 is 0 Å². The van der Waals surface area contributed by atoms with E-state index in [1.54, 1.807) is 6.07 Å². The van der Waals surface area contributed by atoms with E-state index in [0.717, 1.165) is 17.9 Å². The Hall–Kier alpha value is -2.00. The van der Waals surface area contributed by atoms with E-state index in [9.17, 15) is 0 Å². The zero-order chi connectivity index (χ0) is 14.7. The number of nitrogens with two attached hydrogens (primary N) is 1. The largest absolute Gasteiger partial charge is 0.384 e. The summed E-state index contributed by atoms with van der Waals surface area (Å²) in [5, 5.41) is 8.05. The summed E-state index contributed by atoms with van der Waals surface area (Å²) >= 11 is 6.33. The molecule has 0 bridgehead atoms. The maximum Gasteiger partial charge on any atom is 0.122 e. The number of halogens is 1. The number of nitrogens with zero attached hydrogens (tertiary/aromatic N) is 1. The maximum absolute atomic E-state index is 7.45. The average Bonchev–Trinajstić information content (AvgIpc) is 2.43. The molecule has 0 spiro atoms. The molecule has 4 heteroatoms. The third-order valence-corrected chi connectivity index (χ3v) is 3.51. The summed E-state index contributed by atoms with van der Waals surface area (Å²) < 4.78 is 0. The number of hydrogen-bond acceptors (Lipinski definition) is 2. The fourth-order valence-corrected chi connectivity index (χ4v) is 2.39. The quantitative estimate of drug-likeness (QED) is 0.657. The summed E-state index contributed by atoms with van der Waals surface area (Å²) in [5.41, 5.74) is 9.36. The molecule has 0 unspecified atom stereocenters. The van der Waals surface area contributed by atoms with Gasteiger partial charge in [-0.2, -0.15) is 0 Å². The van der Waals surface area contributed by atoms with Crippen molar-refractivity contribution in [3.63, 3.8) is 0 Å². The molecule has 0 amide bonds. The first-order valence-electron chi connectivity index (χ1n) is 6.51. The Bertz CT molecular complexity index is 620. The Morgan fingerprint density at radius 3 is 2.35 bits per heavy atom. The highest BCUT2D eigenvalue weighted by atomic mass is 35.5. The molecular weight excluding hydrogens is 270 g/mol. The zero-order valence-corrected chi connectivity index (χ0v) is 12.4. The fraction of sp³-hybridized carbons (Fsp3) is 0.188. The van der Waals surface area contributed by atoms with Crippen molar-refractivity contribution in [3.8, 4) is 0 Å². The maximum atomic E-state index is 7.45. The van der Waals surface area contributed by atoms with Crippen LogP contribution in [-0.2, 0) is 0 Å². The van der Waals surface area contributed by atoms with Crippen LogP contribution < -0.4 is 10.6 Å². The molecule has 2 rings (SSSR count). The lowest BCUT2D eigenvalue weighted by molar-refractivity contribution is 1.02. The third kappa shape index (κ3) is 2.94. The molecule has 0 heterocycles. The van der Waals surface area contributed by atoms with Crippen molar-refractivity contribution in [3.05, 3.63) is 58.6 Å². The minimum absolute atomic E-state index is 0.0248. The van der Waals surface area contributed by atoms with Gasteiger partial charge in [0.1, 0.15) is 5.84 Å². The Balaban J connectivity index is 2.41. The van der Waals surface area contributed by atoms with Crippen molar-refractivity contribution >= 4 is 28.8 Å². The van der Waals surface area contributed by atoms with Crippen LogP contribution in [0, 0.1) is 12.3 Å². The van der Waals surface area contributed by atoms with Gasteiger partial charge in [-0.25, -0.2) is 0 Å². The van der Waals surface area contributed by atoms with Crippen LogP contribution in [0.4, 0.5) is 11.4 Å². The number of rotatable bonds is 4. The lowest BCUT2D eigenvalue weighted by Crippen LogP contribution is -2.17. The Morgan fingerprint density at radius 2 is 1.85 bits per heavy atom. The molecule has 2 aromatic carbocycles. The Labute approximate surface area is 124 Å². The first-order chi connectivity index (χ1) is 9.52. The highest BCUT2D eigenvalue weighted by molar-refractivity contribution is 6.33. The van der Waals surface area contributed by atoms with Crippen LogP contribution in [0.2, 0.25) is 5.02 Å². The SMILES string of the molecule is CCN(c1ccc(C)cc1)c1ccc(C(=N)N)cc1Cl. The minimum Gasteiger partial charge on any atom is -0.384 e. The van der Waals surface area contributed by atoms with E-state index in [4.69, 9.17) is 22.7 Å². The fourth-order valence-electron chi connectivity index (χ4n) is 2.11. The van der Waals surface area contributed by atoms with Crippen LogP contribution in [0.1, 0.15) is 18.1 Å². The van der Waals surface area contributed by atoms with Crippen LogP contribution >= 0.6 is 11.6 Å². The number of benzene rings is 2. The molecule has 0 aromatic heterocycles. The summed E-state index contributed by atoms with van der Waals surface area (Å²) in [4.78, 5) is 2.13. The van der Waals surface area contributed by atoms with E-state index in [1.807, 2.05) is 12.1 Å². The molecule has 0 aliphatic carbocycles. The smallest absolute Gasteiger partial charge is 0.122 e. The molecule has 0 saturated carbocycles. The van der Waals surface area contributed by atoms with E-state index < -0.39 is 0 Å². The van der Waals surface area contributed by atoms with E-state index in [1.165, 1.54) is 5.56 Å². The number of anilines is 2. The predicted octanol–water partition coefficient (Wildman–Crippen LogP) is 4.09. The van der Waals surface area contributed by atoms with Crippen molar-refractivity contribution in [2.24, 2.45) is 5.73 Å². The summed E-state index contributed by atoms with van der Waals surface area (Å²) in [6.45, 7) is 4.95. The van der Waals surface area contributed by atoms with Gasteiger partial charge in [0.05, 0.1) is 10.7 Å². The average molecular weight is 288 g/mol. The van der Waals surface area contributed by atoms with E-state index in [-0.39, 0.29) is 5.84 Å². The lowest BCUT2D eigenvalue weighted by Gasteiger charge is -2.25. The standard InChI is InChI=1S/C16H18ClN3/c1-3-20(13-7-4-11(2)5-8-13)15-9-6-12(16(18)19)10-14(15)17/h4-10H,3H2,1-2H3,(H3,18,19). The van der Waals surface area contributed by atoms with Crippen molar-refractivity contribution in [1.29, 1.82) is 5.41 Å². The summed E-state index contributed by atoms with van der Waals surface area (Å²) in [6, 6.07) is 13.8. The van der Waals surface area contributed by atoms with Crippen molar-refractivity contribution < 1.29 is 0 Å². The van der Waals surface area contributed by atoms with Crippen molar-refractivity contribution in [2.75, 3.05) is 11.4 Å². The van der Waals surface area contributed by atoms with Gasteiger partial charge in [0, 0.05) is 17.8 Å². The van der Waals surface area contributed by atoms with Crippen LogP contribution in [0.3, 0.4) is 0 Å². The number of nitrogens with one attached hydrogen (secondary N) is 1. The number of aryl methyl sites for hydroxylation is 1. The molecule has 104 valence electrons. The predicted molar refractivity (Wildman–Crippen MR) is 86.3 cm³/mol. The second-order valence-corrected chi connectivity index (χ2v) is 5.07. The Morgan fingerprint density at radius 1 is 1.20 bits per heavy atom. The van der Waals surface area contributed by atoms with Gasteiger partial charge < -0.3 is 10.6 Å². The first-order valence-corrected chi connectivity index (χ1v) is 6.89. The minimum atomic E-state index is 0.0248. The van der Waals surface area contributed by atoms with Gasteiger partial charge in [-0.1, -0.05) is 29.3 Å². The number of hydrogen-bond donors (Lipinski definition) is 2. The van der Waals surface area contributed by atoms with Gasteiger partial charge in [0.2, 0.25) is 0 Å². The molecule has 0 fully saturated rings. The summed E-state index contributed by atoms with van der Waals surface area (Å²) in [6.07, 6.45) is 0. The Kier molecular flexibility index (Phi) is 4.30. The monoisotopic (exact) mass is 287 g/mol. The van der Waals surface area contributed by atoms with E-state index >= 15 is 0 Å². The molecule has 2 aromatic rings. The van der Waals surface area contributed by atoms with Crippen LogP contribution in [0.25, 0.3) is 0 Å². The van der Waals surface area contributed by atoms with E-state index in [0.29, 0.717) is 10.6 Å². The van der Waals surface area contributed by atoms with Crippen LogP contribution in [0.5, 0.6) is 0 Å². The highest BCUT2D eigenvalue weighted by Gasteiger charge is 2.12. The molecule has 3 nitrogen and oxygen atoms in total. The topological polar surface area (TPSA) is 53.1 Å². The molecule has 0 radical (unpaired) electrons. The van der Waals surface area contributed by atoms with Gasteiger partial charge in [-0.3, -0.25) is 5.41 Å².